The van der Waals surface area contributed by atoms with Crippen LogP contribution in [0.4, 0.5) is 10.2 Å². The molecule has 3 aromatic rings. The fraction of sp³-hybridized carbons (Fsp3) is 0.227. The summed E-state index contributed by atoms with van der Waals surface area (Å²) >= 11 is 15.1. The third-order valence-electron chi connectivity index (χ3n) is 5.04. The van der Waals surface area contributed by atoms with Crippen LogP contribution >= 0.6 is 46.5 Å². The molecule has 0 saturated heterocycles. The predicted molar refractivity (Wildman–Crippen MR) is 129 cm³/mol. The number of thiazole rings is 1. The average Bonchev–Trinajstić information content (AvgIpc) is 3.27. The maximum Gasteiger partial charge on any atom is 0.147 e. The Morgan fingerprint density at radius 2 is 2.16 bits per heavy atom. The van der Waals surface area contributed by atoms with E-state index in [1.807, 2.05) is 29.6 Å². The number of aromatic nitrogens is 1. The van der Waals surface area contributed by atoms with Gasteiger partial charge in [0.05, 0.1) is 22.0 Å². The maximum absolute atomic E-state index is 14.6. The van der Waals surface area contributed by atoms with E-state index in [0.717, 1.165) is 35.9 Å². The molecule has 31 heavy (non-hydrogen) atoms. The van der Waals surface area contributed by atoms with Gasteiger partial charge in [-0.15, -0.1) is 11.3 Å². The van der Waals surface area contributed by atoms with Gasteiger partial charge in [0.2, 0.25) is 0 Å². The molecule has 1 aromatic heterocycles. The van der Waals surface area contributed by atoms with E-state index < -0.39 is 5.82 Å². The van der Waals surface area contributed by atoms with E-state index in [2.05, 4.69) is 15.8 Å². The molecule has 0 radical (unpaired) electrons. The first-order valence-corrected chi connectivity index (χ1v) is 12.2. The minimum absolute atomic E-state index is 0.0493. The highest BCUT2D eigenvalue weighted by Crippen LogP contribution is 2.36. The summed E-state index contributed by atoms with van der Waals surface area (Å²) in [5.74, 6) is 0.482. The van der Waals surface area contributed by atoms with Crippen molar-refractivity contribution in [1.82, 2.24) is 4.98 Å². The van der Waals surface area contributed by atoms with E-state index in [-0.39, 0.29) is 12.0 Å². The van der Waals surface area contributed by atoms with E-state index in [1.54, 1.807) is 11.6 Å². The monoisotopic (exact) mass is 495 g/mol. The summed E-state index contributed by atoms with van der Waals surface area (Å²) in [6, 6.07) is 10.5. The molecule has 0 amide bonds. The Morgan fingerprint density at radius 1 is 1.29 bits per heavy atom. The van der Waals surface area contributed by atoms with Crippen LogP contribution in [0.2, 0.25) is 10.0 Å². The van der Waals surface area contributed by atoms with Gasteiger partial charge in [0.1, 0.15) is 17.4 Å². The van der Waals surface area contributed by atoms with Crippen LogP contribution < -0.4 is 15.2 Å². The Kier molecular flexibility index (Phi) is 7.40. The zero-order valence-corrected chi connectivity index (χ0v) is 19.5. The van der Waals surface area contributed by atoms with Crippen LogP contribution in [0.5, 0.6) is 5.75 Å². The normalized spacial score (nSPS) is 18.5. The van der Waals surface area contributed by atoms with Crippen molar-refractivity contribution in [3.63, 3.8) is 0 Å². The third kappa shape index (κ3) is 5.54. The highest BCUT2D eigenvalue weighted by atomic mass is 35.5. The van der Waals surface area contributed by atoms with Crippen LogP contribution in [0.3, 0.4) is 0 Å². The first kappa shape index (κ1) is 22.4. The van der Waals surface area contributed by atoms with Crippen LogP contribution in [0.25, 0.3) is 5.57 Å². The Labute approximate surface area is 198 Å². The molecule has 4 rings (SSSR count). The summed E-state index contributed by atoms with van der Waals surface area (Å²) in [5, 5.41) is 2.84. The number of rotatable bonds is 7. The Hall–Kier alpha value is -1.77. The van der Waals surface area contributed by atoms with E-state index in [0.29, 0.717) is 33.1 Å². The molecule has 0 fully saturated rings. The molecule has 1 aliphatic carbocycles. The topological polar surface area (TPSA) is 60.2 Å². The van der Waals surface area contributed by atoms with E-state index in [9.17, 15) is 4.39 Å². The van der Waals surface area contributed by atoms with Gasteiger partial charge in [-0.3, -0.25) is 0 Å². The molecule has 9 heteroatoms. The molecule has 2 aromatic carbocycles. The van der Waals surface area contributed by atoms with Crippen molar-refractivity contribution >= 4 is 57.9 Å². The number of hydrogen-bond donors (Lipinski definition) is 2. The lowest BCUT2D eigenvalue weighted by atomic mass is 9.81. The molecule has 1 aliphatic rings. The summed E-state index contributed by atoms with van der Waals surface area (Å²) in [6.07, 6.45) is 3.93. The number of benzene rings is 2. The van der Waals surface area contributed by atoms with Crippen LogP contribution in [-0.2, 0) is 0 Å². The smallest absolute Gasteiger partial charge is 0.147 e. The van der Waals surface area contributed by atoms with E-state index >= 15 is 0 Å². The fourth-order valence-electron chi connectivity index (χ4n) is 3.48. The highest BCUT2D eigenvalue weighted by Gasteiger charge is 2.27. The number of allylic oxidation sites excluding steroid dienone is 1. The minimum Gasteiger partial charge on any atom is -0.491 e. The molecule has 1 heterocycles. The maximum atomic E-state index is 14.6. The standard InChI is InChI=1S/C22H20Cl2FN3OS2/c23-14-4-1-3-13(7-14)15-5-2-6-19(26)16(15)10-29-20-9-18(25)21(8-17(20)24)31-28-22-11-30-12-27-22/h1,3-5,7-9,11-12,16,19,28H,2,6,10,26H2. The third-order valence-corrected chi connectivity index (χ3v) is 7.00. The summed E-state index contributed by atoms with van der Waals surface area (Å²) in [7, 11) is 0. The largest absolute Gasteiger partial charge is 0.491 e. The van der Waals surface area contributed by atoms with Gasteiger partial charge in [0.15, 0.2) is 0 Å². The number of ether oxygens (including phenoxy) is 1. The van der Waals surface area contributed by atoms with Gasteiger partial charge in [-0.1, -0.05) is 41.4 Å². The lowest BCUT2D eigenvalue weighted by Crippen LogP contribution is -2.36. The Balaban J connectivity index is 1.47. The van der Waals surface area contributed by atoms with Crippen LogP contribution in [0.1, 0.15) is 18.4 Å². The number of anilines is 1. The zero-order valence-electron chi connectivity index (χ0n) is 16.4. The first-order valence-electron chi connectivity index (χ1n) is 9.65. The molecule has 0 bridgehead atoms. The van der Waals surface area contributed by atoms with Crippen LogP contribution in [0, 0.1) is 11.7 Å². The highest BCUT2D eigenvalue weighted by molar-refractivity contribution is 8.00. The van der Waals surface area contributed by atoms with Gasteiger partial charge >= 0.3 is 0 Å². The minimum atomic E-state index is -0.425. The van der Waals surface area contributed by atoms with Gasteiger partial charge in [-0.2, -0.15) is 0 Å². The summed E-state index contributed by atoms with van der Waals surface area (Å²) in [6.45, 7) is 0.294. The lowest BCUT2D eigenvalue weighted by molar-refractivity contribution is 0.252. The SMILES string of the molecule is NC1CCC=C(c2cccc(Cl)c2)C1COc1cc(F)c(SNc2cscn2)cc1Cl. The van der Waals surface area contributed by atoms with Gasteiger partial charge in [-0.05, 0) is 54.1 Å². The molecular formula is C22H20Cl2FN3OS2. The van der Waals surface area contributed by atoms with Crippen molar-refractivity contribution in [2.45, 2.75) is 23.8 Å². The molecule has 162 valence electrons. The predicted octanol–water partition coefficient (Wildman–Crippen LogP) is 6.91. The summed E-state index contributed by atoms with van der Waals surface area (Å²) < 4.78 is 23.6. The van der Waals surface area contributed by atoms with Crippen molar-refractivity contribution in [3.05, 3.63) is 74.8 Å². The average molecular weight is 496 g/mol. The molecule has 0 spiro atoms. The van der Waals surface area contributed by atoms with Crippen LogP contribution in [-0.4, -0.2) is 17.6 Å². The van der Waals surface area contributed by atoms with Crippen molar-refractivity contribution in [3.8, 4) is 5.75 Å². The molecule has 4 nitrogen and oxygen atoms in total. The number of nitrogens with zero attached hydrogens (tertiary/aromatic N) is 1. The quantitative estimate of drug-likeness (QED) is 0.348. The zero-order chi connectivity index (χ0) is 21.8. The number of halogens is 3. The second-order valence-electron chi connectivity index (χ2n) is 7.12. The summed E-state index contributed by atoms with van der Waals surface area (Å²) in [5.41, 5.74) is 10.2. The van der Waals surface area contributed by atoms with Gasteiger partial charge in [0.25, 0.3) is 0 Å². The van der Waals surface area contributed by atoms with Crippen LogP contribution in [0.15, 0.2) is 58.3 Å². The second kappa shape index (κ2) is 10.2. The number of nitrogens with one attached hydrogen (secondary N) is 1. The Bertz CT molecular complexity index is 1080. The number of nitrogens with two attached hydrogens (primary N) is 1. The van der Waals surface area contributed by atoms with E-state index in [4.69, 9.17) is 33.7 Å². The van der Waals surface area contributed by atoms with Gasteiger partial charge in [0, 0.05) is 28.4 Å². The van der Waals surface area contributed by atoms with Gasteiger partial charge in [-0.25, -0.2) is 9.37 Å². The molecule has 3 N–H and O–H groups in total. The van der Waals surface area contributed by atoms with Crippen molar-refractivity contribution in [1.29, 1.82) is 0 Å². The molecule has 0 saturated carbocycles. The van der Waals surface area contributed by atoms with E-state index in [1.165, 1.54) is 17.4 Å². The second-order valence-corrected chi connectivity index (χ2v) is 9.53. The first-order chi connectivity index (χ1) is 15.0. The lowest BCUT2D eigenvalue weighted by Gasteiger charge is -2.30. The van der Waals surface area contributed by atoms with Crippen molar-refractivity contribution in [2.24, 2.45) is 11.7 Å². The molecular weight excluding hydrogens is 476 g/mol. The van der Waals surface area contributed by atoms with Gasteiger partial charge < -0.3 is 15.2 Å². The Morgan fingerprint density at radius 3 is 2.94 bits per heavy atom. The fourth-order valence-corrected chi connectivity index (χ4v) is 5.17. The molecule has 0 aliphatic heterocycles. The molecule has 2 unspecified atom stereocenters. The number of hydrogen-bond acceptors (Lipinski definition) is 6. The van der Waals surface area contributed by atoms with Crippen molar-refractivity contribution in [2.75, 3.05) is 11.3 Å². The molecule has 2 atom stereocenters. The summed E-state index contributed by atoms with van der Waals surface area (Å²) in [4.78, 5) is 4.47. The van der Waals surface area contributed by atoms with Crippen molar-refractivity contribution < 1.29 is 9.13 Å².